The predicted octanol–water partition coefficient (Wildman–Crippen LogP) is 4.77. The standard InChI is InChI=1S/C23H21N3/c1-24-22-17-26(18-25-22)23(19-11-5-2-6-12-19,20-13-7-3-8-14-20)21-15-9-4-10-16-21/h2-18,24H,1H3. The molecule has 0 saturated heterocycles. The second kappa shape index (κ2) is 6.89. The monoisotopic (exact) mass is 339 g/mol. The van der Waals surface area contributed by atoms with Crippen molar-refractivity contribution in [3.63, 3.8) is 0 Å². The molecule has 3 nitrogen and oxygen atoms in total. The summed E-state index contributed by atoms with van der Waals surface area (Å²) in [4.78, 5) is 4.53. The highest BCUT2D eigenvalue weighted by Crippen LogP contribution is 2.40. The number of hydrogen-bond acceptors (Lipinski definition) is 2. The minimum atomic E-state index is -0.494. The van der Waals surface area contributed by atoms with Crippen LogP contribution in [0.15, 0.2) is 104 Å². The third kappa shape index (κ3) is 2.58. The minimum Gasteiger partial charge on any atom is -0.372 e. The SMILES string of the molecule is CNc1cn(C(c2ccccc2)(c2ccccc2)c2ccccc2)cn1. The van der Waals surface area contributed by atoms with Crippen LogP contribution in [0.4, 0.5) is 5.82 Å². The van der Waals surface area contributed by atoms with Gasteiger partial charge in [-0.25, -0.2) is 4.98 Å². The third-order valence-corrected chi connectivity index (χ3v) is 4.80. The molecule has 3 heteroatoms. The van der Waals surface area contributed by atoms with E-state index in [1.54, 1.807) is 0 Å². The van der Waals surface area contributed by atoms with E-state index >= 15 is 0 Å². The Morgan fingerprint density at radius 3 is 1.46 bits per heavy atom. The molecule has 1 N–H and O–H groups in total. The number of imidazole rings is 1. The molecule has 128 valence electrons. The van der Waals surface area contributed by atoms with Gasteiger partial charge < -0.3 is 9.88 Å². The van der Waals surface area contributed by atoms with Crippen LogP contribution in [0, 0.1) is 0 Å². The van der Waals surface area contributed by atoms with Gasteiger partial charge in [0.15, 0.2) is 0 Å². The van der Waals surface area contributed by atoms with Gasteiger partial charge in [-0.1, -0.05) is 91.0 Å². The smallest absolute Gasteiger partial charge is 0.143 e. The van der Waals surface area contributed by atoms with Crippen LogP contribution in [0.2, 0.25) is 0 Å². The van der Waals surface area contributed by atoms with Crippen LogP contribution in [0.1, 0.15) is 16.7 Å². The quantitative estimate of drug-likeness (QED) is 0.531. The Balaban J connectivity index is 2.10. The molecule has 0 aliphatic rings. The molecular weight excluding hydrogens is 318 g/mol. The van der Waals surface area contributed by atoms with Crippen molar-refractivity contribution in [2.45, 2.75) is 5.54 Å². The first-order valence-electron chi connectivity index (χ1n) is 8.74. The van der Waals surface area contributed by atoms with Gasteiger partial charge in [-0.15, -0.1) is 0 Å². The molecule has 0 atom stereocenters. The van der Waals surface area contributed by atoms with E-state index in [0.717, 1.165) is 5.82 Å². The first-order chi connectivity index (χ1) is 12.9. The lowest BCUT2D eigenvalue weighted by molar-refractivity contribution is 0.515. The van der Waals surface area contributed by atoms with E-state index in [1.807, 2.05) is 13.4 Å². The Morgan fingerprint density at radius 1 is 0.692 bits per heavy atom. The predicted molar refractivity (Wildman–Crippen MR) is 106 cm³/mol. The Kier molecular flexibility index (Phi) is 4.28. The summed E-state index contributed by atoms with van der Waals surface area (Å²) in [6.07, 6.45) is 3.96. The molecule has 0 unspecified atom stereocenters. The van der Waals surface area contributed by atoms with Crippen LogP contribution in [-0.4, -0.2) is 16.6 Å². The van der Waals surface area contributed by atoms with E-state index in [9.17, 15) is 0 Å². The van der Waals surface area contributed by atoms with E-state index < -0.39 is 5.54 Å². The fraction of sp³-hybridized carbons (Fsp3) is 0.0870. The number of hydrogen-bond donors (Lipinski definition) is 1. The van der Waals surface area contributed by atoms with Crippen LogP contribution >= 0.6 is 0 Å². The summed E-state index contributed by atoms with van der Waals surface area (Å²) in [7, 11) is 1.89. The molecule has 0 amide bonds. The molecule has 0 aliphatic carbocycles. The third-order valence-electron chi connectivity index (χ3n) is 4.80. The van der Waals surface area contributed by atoms with E-state index in [-0.39, 0.29) is 0 Å². The summed E-state index contributed by atoms with van der Waals surface area (Å²) < 4.78 is 2.19. The van der Waals surface area contributed by atoms with Crippen molar-refractivity contribution in [3.8, 4) is 0 Å². The van der Waals surface area contributed by atoms with Crippen molar-refractivity contribution in [3.05, 3.63) is 120 Å². The maximum Gasteiger partial charge on any atom is 0.143 e. The van der Waals surface area contributed by atoms with Crippen LogP contribution in [-0.2, 0) is 5.54 Å². The van der Waals surface area contributed by atoms with Crippen molar-refractivity contribution in [1.82, 2.24) is 9.55 Å². The van der Waals surface area contributed by atoms with Gasteiger partial charge >= 0.3 is 0 Å². The molecule has 4 rings (SSSR count). The summed E-state index contributed by atoms with van der Waals surface area (Å²) in [5.41, 5.74) is 3.08. The maximum atomic E-state index is 4.53. The van der Waals surface area contributed by atoms with Gasteiger partial charge in [-0.2, -0.15) is 0 Å². The highest BCUT2D eigenvalue weighted by molar-refractivity contribution is 5.51. The van der Waals surface area contributed by atoms with Crippen molar-refractivity contribution in [2.75, 3.05) is 12.4 Å². The zero-order chi connectivity index (χ0) is 17.8. The average molecular weight is 339 g/mol. The minimum absolute atomic E-state index is 0.494. The number of aromatic nitrogens is 2. The zero-order valence-electron chi connectivity index (χ0n) is 14.7. The summed E-state index contributed by atoms with van der Waals surface area (Å²) in [5.74, 6) is 0.845. The maximum absolute atomic E-state index is 4.53. The number of nitrogens with one attached hydrogen (secondary N) is 1. The number of anilines is 1. The van der Waals surface area contributed by atoms with Crippen LogP contribution < -0.4 is 5.32 Å². The van der Waals surface area contributed by atoms with E-state index in [1.165, 1.54) is 16.7 Å². The van der Waals surface area contributed by atoms with E-state index in [2.05, 4.69) is 112 Å². The molecule has 4 aromatic rings. The molecule has 26 heavy (non-hydrogen) atoms. The lowest BCUT2D eigenvalue weighted by atomic mass is 9.77. The summed E-state index contributed by atoms with van der Waals surface area (Å²) in [5, 5.41) is 3.14. The first kappa shape index (κ1) is 16.2. The highest BCUT2D eigenvalue weighted by Gasteiger charge is 2.38. The van der Waals surface area contributed by atoms with Gasteiger partial charge in [0.2, 0.25) is 0 Å². The molecule has 0 radical (unpaired) electrons. The molecule has 0 aliphatic heterocycles. The highest BCUT2D eigenvalue weighted by atomic mass is 15.2. The summed E-state index contributed by atoms with van der Waals surface area (Å²) in [6.45, 7) is 0. The molecule has 0 fully saturated rings. The molecule has 0 saturated carbocycles. The van der Waals surface area contributed by atoms with Crippen LogP contribution in [0.25, 0.3) is 0 Å². The second-order valence-electron chi connectivity index (χ2n) is 6.22. The van der Waals surface area contributed by atoms with Gasteiger partial charge in [-0.3, -0.25) is 0 Å². The second-order valence-corrected chi connectivity index (χ2v) is 6.22. The molecule has 1 aromatic heterocycles. The Morgan fingerprint density at radius 2 is 1.12 bits per heavy atom. The lowest BCUT2D eigenvalue weighted by Gasteiger charge is -2.37. The van der Waals surface area contributed by atoms with Crippen molar-refractivity contribution < 1.29 is 0 Å². The van der Waals surface area contributed by atoms with Crippen molar-refractivity contribution >= 4 is 5.82 Å². The van der Waals surface area contributed by atoms with Gasteiger partial charge in [-0.05, 0) is 16.7 Å². The fourth-order valence-corrected chi connectivity index (χ4v) is 3.62. The van der Waals surface area contributed by atoms with Gasteiger partial charge in [0.05, 0.1) is 6.33 Å². The average Bonchev–Trinajstić information content (AvgIpc) is 3.21. The molecule has 3 aromatic carbocycles. The zero-order valence-corrected chi connectivity index (χ0v) is 14.7. The van der Waals surface area contributed by atoms with Gasteiger partial charge in [0.25, 0.3) is 0 Å². The lowest BCUT2D eigenvalue weighted by Crippen LogP contribution is -2.36. The van der Waals surface area contributed by atoms with Gasteiger partial charge in [0, 0.05) is 13.2 Å². The summed E-state index contributed by atoms with van der Waals surface area (Å²) in [6, 6.07) is 31.8. The Labute approximate surface area is 154 Å². The topological polar surface area (TPSA) is 29.9 Å². The molecule has 0 spiro atoms. The number of nitrogens with zero attached hydrogens (tertiary/aromatic N) is 2. The van der Waals surface area contributed by atoms with Crippen LogP contribution in [0.3, 0.4) is 0 Å². The normalized spacial score (nSPS) is 11.3. The Bertz CT molecular complexity index is 863. The first-order valence-corrected chi connectivity index (χ1v) is 8.74. The summed E-state index contributed by atoms with van der Waals surface area (Å²) >= 11 is 0. The van der Waals surface area contributed by atoms with Crippen molar-refractivity contribution in [2.24, 2.45) is 0 Å². The largest absolute Gasteiger partial charge is 0.372 e. The number of rotatable bonds is 5. The molecule has 1 heterocycles. The van der Waals surface area contributed by atoms with Gasteiger partial charge in [0.1, 0.15) is 11.4 Å². The molecular formula is C23H21N3. The Hall–Kier alpha value is -3.33. The van der Waals surface area contributed by atoms with Crippen LogP contribution in [0.5, 0.6) is 0 Å². The van der Waals surface area contributed by atoms with E-state index in [4.69, 9.17) is 0 Å². The number of benzene rings is 3. The van der Waals surface area contributed by atoms with Crippen molar-refractivity contribution in [1.29, 1.82) is 0 Å². The van der Waals surface area contributed by atoms with E-state index in [0.29, 0.717) is 0 Å². The fourth-order valence-electron chi connectivity index (χ4n) is 3.62. The molecule has 0 bridgehead atoms.